The fourth-order valence-corrected chi connectivity index (χ4v) is 3.61. The molecule has 0 radical (unpaired) electrons. The molecule has 5 heteroatoms. The zero-order valence-corrected chi connectivity index (χ0v) is 17.9. The molecule has 1 saturated heterocycles. The predicted molar refractivity (Wildman–Crippen MR) is 113 cm³/mol. The monoisotopic (exact) mass is 400 g/mol. The predicted octanol–water partition coefficient (Wildman–Crippen LogP) is 4.13. The van der Waals surface area contributed by atoms with E-state index in [2.05, 4.69) is 19.1 Å². The zero-order chi connectivity index (χ0) is 20.5. The molecule has 0 aromatic rings. The van der Waals surface area contributed by atoms with Gasteiger partial charge in [0, 0.05) is 6.61 Å². The van der Waals surface area contributed by atoms with Crippen LogP contribution < -0.4 is 0 Å². The molecule has 1 rings (SSSR count). The average Bonchev–Trinajstić information content (AvgIpc) is 3.03. The molecule has 28 heavy (non-hydrogen) atoms. The molecule has 0 saturated carbocycles. The van der Waals surface area contributed by atoms with Crippen molar-refractivity contribution in [1.29, 1.82) is 0 Å². The molecule has 1 aliphatic heterocycles. The largest absolute Gasteiger partial charge is 0.394 e. The first kappa shape index (κ1) is 25.6. The lowest BCUT2D eigenvalue weighted by molar-refractivity contribution is -0.101. The van der Waals surface area contributed by atoms with Crippen LogP contribution in [0.2, 0.25) is 0 Å². The number of rotatable bonds is 18. The molecule has 166 valence electrons. The average molecular weight is 401 g/mol. The SMILES string of the molecule is CCCCCCCC/C=C/CCCCCCCO[C@H](CO)[C@@H]1OC[C@H](O)[C@@H]1O. The summed E-state index contributed by atoms with van der Waals surface area (Å²) in [4.78, 5) is 0. The summed E-state index contributed by atoms with van der Waals surface area (Å²) in [5.74, 6) is 0. The fraction of sp³-hybridized carbons (Fsp3) is 0.913. The van der Waals surface area contributed by atoms with Gasteiger partial charge >= 0.3 is 0 Å². The molecule has 4 atom stereocenters. The van der Waals surface area contributed by atoms with E-state index in [-0.39, 0.29) is 13.2 Å². The van der Waals surface area contributed by atoms with E-state index in [4.69, 9.17) is 9.47 Å². The molecular weight excluding hydrogens is 356 g/mol. The highest BCUT2D eigenvalue weighted by Gasteiger charge is 2.40. The van der Waals surface area contributed by atoms with E-state index in [1.165, 1.54) is 70.6 Å². The second kappa shape index (κ2) is 17.4. The van der Waals surface area contributed by atoms with E-state index in [1.54, 1.807) is 0 Å². The van der Waals surface area contributed by atoms with E-state index in [0.29, 0.717) is 6.61 Å². The summed E-state index contributed by atoms with van der Waals surface area (Å²) in [5, 5.41) is 28.7. The van der Waals surface area contributed by atoms with E-state index in [1.807, 2.05) is 0 Å². The molecule has 3 N–H and O–H groups in total. The highest BCUT2D eigenvalue weighted by Crippen LogP contribution is 2.20. The van der Waals surface area contributed by atoms with Crippen molar-refractivity contribution in [2.24, 2.45) is 0 Å². The van der Waals surface area contributed by atoms with Gasteiger partial charge in [-0.15, -0.1) is 0 Å². The van der Waals surface area contributed by atoms with Crippen molar-refractivity contribution in [1.82, 2.24) is 0 Å². The van der Waals surface area contributed by atoms with E-state index < -0.39 is 24.4 Å². The Morgan fingerprint density at radius 2 is 1.46 bits per heavy atom. The second-order valence-electron chi connectivity index (χ2n) is 8.03. The minimum atomic E-state index is -0.980. The first-order chi connectivity index (χ1) is 13.7. The summed E-state index contributed by atoms with van der Waals surface area (Å²) in [6, 6.07) is 0. The van der Waals surface area contributed by atoms with Crippen LogP contribution in [0.3, 0.4) is 0 Å². The number of allylic oxidation sites excluding steroid dienone is 2. The Balaban J connectivity index is 1.88. The van der Waals surface area contributed by atoms with Crippen molar-refractivity contribution < 1.29 is 24.8 Å². The summed E-state index contributed by atoms with van der Waals surface area (Å²) in [7, 11) is 0. The van der Waals surface area contributed by atoms with Crippen LogP contribution in [0, 0.1) is 0 Å². The van der Waals surface area contributed by atoms with E-state index in [9.17, 15) is 15.3 Å². The number of hydrogen-bond donors (Lipinski definition) is 3. The van der Waals surface area contributed by atoms with Gasteiger partial charge < -0.3 is 24.8 Å². The van der Waals surface area contributed by atoms with Crippen molar-refractivity contribution in [3.8, 4) is 0 Å². The molecule has 0 spiro atoms. The van der Waals surface area contributed by atoms with Gasteiger partial charge in [0.2, 0.25) is 0 Å². The summed E-state index contributed by atoms with van der Waals surface area (Å²) in [6.45, 7) is 2.69. The van der Waals surface area contributed by atoms with Crippen LogP contribution >= 0.6 is 0 Å². The first-order valence-corrected chi connectivity index (χ1v) is 11.6. The van der Waals surface area contributed by atoms with Crippen LogP contribution in [0.15, 0.2) is 12.2 Å². The van der Waals surface area contributed by atoms with Gasteiger partial charge in [0.25, 0.3) is 0 Å². The number of aliphatic hydroxyl groups is 3. The van der Waals surface area contributed by atoms with Crippen LogP contribution in [0.5, 0.6) is 0 Å². The minimum absolute atomic E-state index is 0.0963. The van der Waals surface area contributed by atoms with Gasteiger partial charge in [-0.3, -0.25) is 0 Å². The van der Waals surface area contributed by atoms with Crippen molar-refractivity contribution in [2.45, 2.75) is 115 Å². The quantitative estimate of drug-likeness (QED) is 0.238. The van der Waals surface area contributed by atoms with Gasteiger partial charge in [0.1, 0.15) is 24.4 Å². The maximum Gasteiger partial charge on any atom is 0.114 e. The second-order valence-corrected chi connectivity index (χ2v) is 8.03. The molecule has 0 aliphatic carbocycles. The number of ether oxygens (including phenoxy) is 2. The maximum absolute atomic E-state index is 9.82. The molecule has 1 fully saturated rings. The normalized spacial score (nSPS) is 23.6. The topological polar surface area (TPSA) is 79.2 Å². The van der Waals surface area contributed by atoms with Crippen LogP contribution in [-0.4, -0.2) is 59.6 Å². The van der Waals surface area contributed by atoms with Gasteiger partial charge in [0.05, 0.1) is 13.2 Å². The smallest absolute Gasteiger partial charge is 0.114 e. The Bertz CT molecular complexity index is 374. The number of unbranched alkanes of at least 4 members (excludes halogenated alkanes) is 11. The van der Waals surface area contributed by atoms with Crippen molar-refractivity contribution in [3.63, 3.8) is 0 Å². The Labute approximate surface area is 172 Å². The molecule has 0 unspecified atom stereocenters. The van der Waals surface area contributed by atoms with Crippen LogP contribution in [0.25, 0.3) is 0 Å². The summed E-state index contributed by atoms with van der Waals surface area (Å²) in [5.41, 5.74) is 0. The summed E-state index contributed by atoms with van der Waals surface area (Å²) >= 11 is 0. The van der Waals surface area contributed by atoms with E-state index in [0.717, 1.165) is 12.8 Å². The van der Waals surface area contributed by atoms with Crippen molar-refractivity contribution >= 4 is 0 Å². The van der Waals surface area contributed by atoms with Gasteiger partial charge in [-0.05, 0) is 32.1 Å². The number of hydrogen-bond acceptors (Lipinski definition) is 5. The first-order valence-electron chi connectivity index (χ1n) is 11.6. The molecular formula is C23H44O5. The summed E-state index contributed by atoms with van der Waals surface area (Å²) in [6.07, 6.45) is 17.9. The maximum atomic E-state index is 9.82. The molecule has 0 aromatic carbocycles. The van der Waals surface area contributed by atoms with Crippen LogP contribution in [-0.2, 0) is 9.47 Å². The van der Waals surface area contributed by atoms with Gasteiger partial charge in [-0.25, -0.2) is 0 Å². The lowest BCUT2D eigenvalue weighted by Crippen LogP contribution is -2.42. The lowest BCUT2D eigenvalue weighted by Gasteiger charge is -2.24. The van der Waals surface area contributed by atoms with Crippen LogP contribution in [0.4, 0.5) is 0 Å². The highest BCUT2D eigenvalue weighted by molar-refractivity contribution is 4.88. The van der Waals surface area contributed by atoms with Gasteiger partial charge in [-0.1, -0.05) is 70.4 Å². The van der Waals surface area contributed by atoms with Crippen molar-refractivity contribution in [3.05, 3.63) is 12.2 Å². The Kier molecular flexibility index (Phi) is 15.9. The van der Waals surface area contributed by atoms with Gasteiger partial charge in [-0.2, -0.15) is 0 Å². The fourth-order valence-electron chi connectivity index (χ4n) is 3.61. The molecule has 0 bridgehead atoms. The standard InChI is InChI=1S/C23H44O5/c1-2-3-4-5-6-7-8-9-10-11-12-13-14-15-16-17-27-21(18-24)23-22(26)20(25)19-28-23/h9-10,20-26H,2-8,11-19H2,1H3/b10-9+/t20-,21+,22-,23-/m0/s1. The molecule has 1 heterocycles. The zero-order valence-electron chi connectivity index (χ0n) is 17.9. The van der Waals surface area contributed by atoms with E-state index >= 15 is 0 Å². The Hall–Kier alpha value is -0.460. The third-order valence-corrected chi connectivity index (χ3v) is 5.47. The summed E-state index contributed by atoms with van der Waals surface area (Å²) < 4.78 is 11.0. The van der Waals surface area contributed by atoms with Crippen LogP contribution in [0.1, 0.15) is 90.4 Å². The Morgan fingerprint density at radius 3 is 2.00 bits per heavy atom. The number of aliphatic hydroxyl groups excluding tert-OH is 3. The molecule has 5 nitrogen and oxygen atoms in total. The van der Waals surface area contributed by atoms with Crippen molar-refractivity contribution in [2.75, 3.05) is 19.8 Å². The highest BCUT2D eigenvalue weighted by atomic mass is 16.6. The third kappa shape index (κ3) is 11.5. The third-order valence-electron chi connectivity index (χ3n) is 5.47. The Morgan fingerprint density at radius 1 is 0.893 bits per heavy atom. The lowest BCUT2D eigenvalue weighted by atomic mass is 10.1. The van der Waals surface area contributed by atoms with Gasteiger partial charge in [0.15, 0.2) is 0 Å². The molecule has 1 aliphatic rings. The molecule has 0 amide bonds. The molecule has 0 aromatic heterocycles. The minimum Gasteiger partial charge on any atom is -0.394 e.